The van der Waals surface area contributed by atoms with E-state index in [0.29, 0.717) is 45.8 Å². The van der Waals surface area contributed by atoms with Crippen molar-refractivity contribution in [1.29, 1.82) is 0 Å². The van der Waals surface area contributed by atoms with Gasteiger partial charge in [-0.2, -0.15) is 15.0 Å². The molecule has 4 aliphatic rings. The third-order valence-electron chi connectivity index (χ3n) is 12.8. The standard InChI is InChI=1S/C41H4.C22H19BrF2N2O3S.C16H17F2N5OS.C2H7N.C2H4O2.CH4.ClH/c1-3-5-7-9-11-13-15-17-19-21-23-25-27-29-31-33-35-37-39-41-40-38-36-34-32-30-28-26-24-22-20-18-16-14-12-10-8-6-4-2;23-10-18(28)19-8-14-11-31-21(26-20(29)13-4-2-1-3-5-13)27-22(14,12-30-19)16-7-6-15(24)9-17(16)25;1-23-20-6-13(22-23)14-4-9-7-25-15(19)21-16(9,8-24-14)11-3-2-10(17)5-12(11)18;1-2-3;1-2(3)4;;/h1H,2H3;1-7,9,14,19H,8,10-12H2,(H,26,27,29);2-3,5-6,9,14H,4,7-8H2,1H3,(H2,19,21);2-3H2,1H3;1H3,(H,3,4);1H4;1H/t;14-,19+,22-;9-,14+,16-;;;;/m.00..../s1. The normalized spacial score (nSPS) is 16.2. The lowest BCUT2D eigenvalue weighted by atomic mass is 9.74. The van der Waals surface area contributed by atoms with Crippen LogP contribution in [0.1, 0.15) is 74.3 Å². The third-order valence-corrected chi connectivity index (χ3v) is 15.3. The molecule has 0 radical (unpaired) electrons. The van der Waals surface area contributed by atoms with E-state index >= 15 is 0 Å². The number of fused-ring (bicyclic) bond motifs is 2. The number of aromatic nitrogens is 3. The molecule has 0 bridgehead atoms. The number of aryl methyl sites for hydroxylation is 1. The van der Waals surface area contributed by atoms with Crippen molar-refractivity contribution in [2.45, 2.75) is 64.3 Å². The molecule has 0 spiro atoms. The van der Waals surface area contributed by atoms with E-state index in [2.05, 4.69) is 267 Å². The number of aliphatic carboxylic acids is 1. The minimum atomic E-state index is -1.16. The fourth-order valence-electron chi connectivity index (χ4n) is 8.64. The van der Waals surface area contributed by atoms with Crippen LogP contribution >= 0.6 is 51.9 Å². The Balaban J connectivity index is 0.000000522. The Morgan fingerprint density at radius 1 is 0.623 bits per heavy atom. The molecule has 3 aromatic carbocycles. The number of Topliss-reactive ketones (excluding diaryl/α,β-unsaturated/α-hetero) is 1. The van der Waals surface area contributed by atoms with Crippen molar-refractivity contribution in [1.82, 2.24) is 20.3 Å². The predicted octanol–water partition coefficient (Wildman–Crippen LogP) is 8.01. The number of amidine groups is 2. The van der Waals surface area contributed by atoms with Gasteiger partial charge in [0.25, 0.3) is 11.9 Å². The van der Waals surface area contributed by atoms with Crippen LogP contribution in [0.25, 0.3) is 0 Å². The minimum absolute atomic E-state index is 0. The summed E-state index contributed by atoms with van der Waals surface area (Å²) in [6.45, 7) is 5.53. The summed E-state index contributed by atoms with van der Waals surface area (Å²) in [4.78, 5) is 44.5. The van der Waals surface area contributed by atoms with E-state index in [0.717, 1.165) is 31.3 Å². The van der Waals surface area contributed by atoms with Gasteiger partial charge in [-0.1, -0.05) is 90.1 Å². The number of hydrogen-bond acceptors (Lipinski definition) is 13. The molecule has 2 fully saturated rings. The van der Waals surface area contributed by atoms with Crippen LogP contribution in [0.2, 0.25) is 0 Å². The molecule has 8 rings (SSSR count). The summed E-state index contributed by atoms with van der Waals surface area (Å²) in [5.41, 5.74) is 10.4. The number of halogens is 6. The molecule has 6 atom stereocenters. The van der Waals surface area contributed by atoms with Gasteiger partial charge in [0.15, 0.2) is 16.1 Å². The molecule has 22 heteroatoms. The zero-order chi connectivity index (χ0) is 75.5. The van der Waals surface area contributed by atoms with Gasteiger partial charge in [0.1, 0.15) is 52.2 Å². The lowest BCUT2D eigenvalue weighted by molar-refractivity contribution is -0.137. The minimum Gasteiger partial charge on any atom is -0.481 e. The van der Waals surface area contributed by atoms with Gasteiger partial charge in [0.05, 0.1) is 24.7 Å². The molecule has 5 heterocycles. The number of benzene rings is 3. The van der Waals surface area contributed by atoms with Gasteiger partial charge in [-0.25, -0.2) is 27.5 Å². The number of carbonyl (C=O) groups excluding carboxylic acids is 2. The Kier molecular flexibility index (Phi) is 43.5. The molecule has 2 saturated heterocycles. The number of alkyl halides is 1. The molecule has 4 aliphatic heterocycles. The van der Waals surface area contributed by atoms with Crippen LogP contribution in [-0.2, 0) is 37.2 Å². The van der Waals surface area contributed by atoms with E-state index in [-0.39, 0.29) is 73.6 Å². The number of ketones is 1. The molecule has 106 heavy (non-hydrogen) atoms. The smallest absolute Gasteiger partial charge is 0.300 e. The fraction of sp³-hybridized carbons (Fsp3) is 0.226. The van der Waals surface area contributed by atoms with Crippen molar-refractivity contribution in [3.8, 4) is 237 Å². The molecule has 6 N–H and O–H groups in total. The number of aliphatic imine (C=N–C) groups is 2. The Bertz CT molecular complexity index is 5370. The first-order valence-electron chi connectivity index (χ1n) is 29.9. The van der Waals surface area contributed by atoms with Crippen LogP contribution in [0.5, 0.6) is 0 Å². The van der Waals surface area contributed by atoms with Crippen LogP contribution in [0.4, 0.5) is 17.6 Å². The maximum absolute atomic E-state index is 14.8. The number of terminal acetylenes is 1. The molecular formula is C84H56BrClF4N8O6S2. The average molecular weight is 1530 g/mol. The highest BCUT2D eigenvalue weighted by atomic mass is 79.9. The van der Waals surface area contributed by atoms with Crippen molar-refractivity contribution >= 4 is 79.9 Å². The summed E-state index contributed by atoms with van der Waals surface area (Å²) in [6.07, 6.45) is 6.73. The number of nitrogens with two attached hydrogens (primary N) is 2. The third kappa shape index (κ3) is 32.6. The average Bonchev–Trinajstić information content (AvgIpc) is 0.868. The first-order valence-corrected chi connectivity index (χ1v) is 33.0. The first kappa shape index (κ1) is 88.9. The van der Waals surface area contributed by atoms with Gasteiger partial charge in [-0.15, -0.1) is 18.8 Å². The van der Waals surface area contributed by atoms with Gasteiger partial charge in [-0.3, -0.25) is 14.4 Å². The van der Waals surface area contributed by atoms with Crippen molar-refractivity contribution in [3.05, 3.63) is 119 Å². The van der Waals surface area contributed by atoms with E-state index < -0.39 is 46.4 Å². The molecule has 0 unspecified atom stereocenters. The van der Waals surface area contributed by atoms with Gasteiger partial charge in [-0.05, 0) is 145 Å². The number of hydrogen-bond donors (Lipinski definition) is 4. The molecule has 1 aromatic heterocycles. The molecule has 14 nitrogen and oxygen atoms in total. The van der Waals surface area contributed by atoms with Crippen LogP contribution in [0, 0.1) is 272 Å². The van der Waals surface area contributed by atoms with E-state index in [1.807, 2.05) is 13.0 Å². The lowest BCUT2D eigenvalue weighted by Crippen LogP contribution is -2.52. The van der Waals surface area contributed by atoms with Gasteiger partial charge in [0.2, 0.25) is 0 Å². The monoisotopic (exact) mass is 1530 g/mol. The Labute approximate surface area is 639 Å². The number of nitrogens with zero attached hydrogens (tertiary/aromatic N) is 5. The van der Waals surface area contributed by atoms with Crippen molar-refractivity contribution < 1.29 is 46.5 Å². The summed E-state index contributed by atoms with van der Waals surface area (Å²) < 4.78 is 68.1. The van der Waals surface area contributed by atoms with Gasteiger partial charge < -0.3 is 31.4 Å². The number of carboxylic acids is 1. The molecule has 0 saturated carbocycles. The highest BCUT2D eigenvalue weighted by Gasteiger charge is 2.52. The largest absolute Gasteiger partial charge is 0.481 e. The number of ether oxygens (including phenoxy) is 2. The number of nitrogens with one attached hydrogen (secondary N) is 1. The predicted molar refractivity (Wildman–Crippen MR) is 413 cm³/mol. The lowest BCUT2D eigenvalue weighted by Gasteiger charge is -2.46. The second-order valence-corrected chi connectivity index (χ2v) is 22.3. The van der Waals surface area contributed by atoms with Crippen molar-refractivity contribution in [2.24, 2.45) is 40.3 Å². The molecule has 1 amide bonds. The number of thioether (sulfide) groups is 2. The molecular weight excluding hydrogens is 1470 g/mol. The van der Waals surface area contributed by atoms with E-state index in [1.54, 1.807) is 44.4 Å². The quantitative estimate of drug-likeness (QED) is 0.0823. The van der Waals surface area contributed by atoms with Crippen LogP contribution in [0.15, 0.2) is 82.9 Å². The van der Waals surface area contributed by atoms with E-state index in [1.165, 1.54) is 52.6 Å². The highest BCUT2D eigenvalue weighted by molar-refractivity contribution is 9.09. The number of rotatable bonds is 6. The summed E-state index contributed by atoms with van der Waals surface area (Å²) >= 11 is 5.94. The van der Waals surface area contributed by atoms with Crippen LogP contribution in [0.3, 0.4) is 0 Å². The highest BCUT2D eigenvalue weighted by Crippen LogP contribution is 2.50. The maximum Gasteiger partial charge on any atom is 0.300 e. The van der Waals surface area contributed by atoms with Crippen LogP contribution in [-0.4, -0.2) is 90.8 Å². The van der Waals surface area contributed by atoms with E-state index in [9.17, 15) is 27.2 Å². The Morgan fingerprint density at radius 2 is 1.00 bits per heavy atom. The topological polar surface area (TPSA) is 209 Å². The Hall–Kier alpha value is -13.2. The zero-order valence-corrected chi connectivity index (χ0v) is 60.0. The van der Waals surface area contributed by atoms with E-state index in [4.69, 9.17) is 42.3 Å². The fourth-order valence-corrected chi connectivity index (χ4v) is 11.2. The van der Waals surface area contributed by atoms with Crippen molar-refractivity contribution in [3.63, 3.8) is 0 Å². The van der Waals surface area contributed by atoms with Gasteiger partial charge >= 0.3 is 0 Å². The SMILES string of the molecule is C.C#CC#CC#CC#CC#CC#CC#CC#CC#CC#CC#CC#CC#CC#CC#CC#CC#CC#CC#CC#CC.CC(=O)O.CCN.Cl.Cn1ncc([C@H]2C[C@H]3CSC(N)=N[C@@]3(c3ccc(F)cc3F)CO2)n1.O=C(NC1=N[C@@]2(c3ccc(F)cc3F)CO[C@@H](C(=O)CBr)C[C@H]2CS1)c1ccccc1. The first-order chi connectivity index (χ1) is 50.5. The maximum atomic E-state index is 14.8. The van der Waals surface area contributed by atoms with Crippen molar-refractivity contribution in [2.75, 3.05) is 36.6 Å². The number of carbonyl (C=O) groups is 3. The molecule has 4 aromatic rings. The Morgan fingerprint density at radius 3 is 1.38 bits per heavy atom. The second kappa shape index (κ2) is 51.9. The number of amides is 1. The van der Waals surface area contributed by atoms with Gasteiger partial charge in [0, 0.05) is 196 Å². The summed E-state index contributed by atoms with van der Waals surface area (Å²) in [5, 5.41) is 19.5. The number of carboxylic acid groups (broad SMARTS) is 1. The summed E-state index contributed by atoms with van der Waals surface area (Å²) in [7, 11) is 1.74. The van der Waals surface area contributed by atoms with Crippen LogP contribution < -0.4 is 16.8 Å². The zero-order valence-electron chi connectivity index (χ0n) is 56.0. The molecule has 0 aliphatic carbocycles. The summed E-state index contributed by atoms with van der Waals surface area (Å²) in [5.74, 6) is 93.9. The second-order valence-electron chi connectivity index (χ2n) is 19.7. The summed E-state index contributed by atoms with van der Waals surface area (Å²) in [6, 6.07) is 15.6. The molecule has 522 valence electrons.